The molecule has 0 unspecified atom stereocenters. The van der Waals surface area contributed by atoms with E-state index in [1.807, 2.05) is 0 Å². The molecule has 0 saturated carbocycles. The first-order valence-corrected chi connectivity index (χ1v) is 8.68. The number of nitrogens with one attached hydrogen (secondary N) is 2. The van der Waals surface area contributed by atoms with E-state index in [4.69, 9.17) is 8.94 Å². The van der Waals surface area contributed by atoms with Gasteiger partial charge in [0.25, 0.3) is 11.8 Å². The van der Waals surface area contributed by atoms with E-state index < -0.39 is 0 Å². The summed E-state index contributed by atoms with van der Waals surface area (Å²) >= 11 is 0. The molecule has 3 aromatic heterocycles. The van der Waals surface area contributed by atoms with Crippen LogP contribution < -0.4 is 5.32 Å². The molecule has 4 heterocycles. The number of carbonyl (C=O) groups excluding carboxylic acids is 1. The minimum Gasteiger partial charge on any atom is -0.459 e. The predicted octanol–water partition coefficient (Wildman–Crippen LogP) is 2.93. The number of hydrogen-bond donors (Lipinski definition) is 2. The van der Waals surface area contributed by atoms with Crippen LogP contribution in [0.4, 0.5) is 4.39 Å². The van der Waals surface area contributed by atoms with Crippen LogP contribution in [0.5, 0.6) is 0 Å². The van der Waals surface area contributed by atoms with Crippen LogP contribution in [0.2, 0.25) is 0 Å². The molecule has 0 saturated heterocycles. The fraction of sp³-hybridized carbons (Fsp3) is 0.158. The minimum atomic E-state index is -0.296. The molecule has 0 spiro atoms. The van der Waals surface area contributed by atoms with Crippen LogP contribution in [-0.4, -0.2) is 32.6 Å². The average Bonchev–Trinajstić information content (AvgIpc) is 3.43. The van der Waals surface area contributed by atoms with Crippen molar-refractivity contribution in [1.82, 2.24) is 25.4 Å². The first-order chi connectivity index (χ1) is 13.7. The second-order valence-electron chi connectivity index (χ2n) is 6.48. The fourth-order valence-corrected chi connectivity index (χ4v) is 3.26. The number of furan rings is 1. The van der Waals surface area contributed by atoms with Gasteiger partial charge in [0.2, 0.25) is 5.82 Å². The summed E-state index contributed by atoms with van der Waals surface area (Å²) in [5.74, 6) is 0.642. The Kier molecular flexibility index (Phi) is 3.78. The van der Waals surface area contributed by atoms with Crippen molar-refractivity contribution >= 4 is 5.91 Å². The summed E-state index contributed by atoms with van der Waals surface area (Å²) in [6.07, 6.45) is 2.05. The maximum atomic E-state index is 13.2. The molecule has 0 bridgehead atoms. The number of rotatable bonds is 3. The number of fused-ring (bicyclic) bond motifs is 1. The normalized spacial score (nSPS) is 16.5. The van der Waals surface area contributed by atoms with Crippen LogP contribution in [0.15, 0.2) is 51.6 Å². The molecule has 0 fully saturated rings. The number of imidazole rings is 1. The highest BCUT2D eigenvalue weighted by Gasteiger charge is 2.27. The van der Waals surface area contributed by atoms with E-state index in [9.17, 15) is 9.18 Å². The molecule has 5 rings (SSSR count). The van der Waals surface area contributed by atoms with Crippen LogP contribution in [0.3, 0.4) is 0 Å². The van der Waals surface area contributed by atoms with Crippen LogP contribution in [0.25, 0.3) is 23.3 Å². The average molecular weight is 379 g/mol. The Morgan fingerprint density at radius 2 is 2.00 bits per heavy atom. The topological polar surface area (TPSA) is 110 Å². The van der Waals surface area contributed by atoms with Gasteiger partial charge in [-0.15, -0.1) is 0 Å². The lowest BCUT2D eigenvalue weighted by Gasteiger charge is -2.14. The van der Waals surface area contributed by atoms with Gasteiger partial charge in [-0.05, 0) is 36.2 Å². The SMILES string of the molecule is O=C1NC[C@@H](c2ccc(F)cc2)Cc2[nH]c(-c3noc(-c4ccco4)n3)nc21. The van der Waals surface area contributed by atoms with Crippen molar-refractivity contribution in [3.63, 3.8) is 0 Å². The molecule has 1 atom stereocenters. The van der Waals surface area contributed by atoms with Crippen molar-refractivity contribution in [2.45, 2.75) is 12.3 Å². The highest BCUT2D eigenvalue weighted by atomic mass is 19.1. The summed E-state index contributed by atoms with van der Waals surface area (Å²) in [6.45, 7) is 0.439. The van der Waals surface area contributed by atoms with Crippen LogP contribution in [0.1, 0.15) is 27.7 Å². The summed E-state index contributed by atoms with van der Waals surface area (Å²) in [4.78, 5) is 24.2. The van der Waals surface area contributed by atoms with Crippen molar-refractivity contribution in [2.75, 3.05) is 6.54 Å². The van der Waals surface area contributed by atoms with E-state index in [1.54, 1.807) is 24.3 Å². The summed E-state index contributed by atoms with van der Waals surface area (Å²) in [5.41, 5.74) is 1.90. The maximum Gasteiger partial charge on any atom is 0.294 e. The number of aromatic nitrogens is 4. The summed E-state index contributed by atoms with van der Waals surface area (Å²) in [5, 5.41) is 6.77. The first kappa shape index (κ1) is 16.4. The third kappa shape index (κ3) is 2.86. The molecule has 1 aliphatic heterocycles. The standard InChI is InChI=1S/C19H14FN5O3/c20-12-5-3-10(4-6-12)11-8-13-15(18(26)21-9-11)23-16(22-13)17-24-19(28-25-17)14-2-1-7-27-14/h1-7,11H,8-9H2,(H,21,26)(H,22,23)/t11-/m0/s1. The van der Waals surface area contributed by atoms with Crippen molar-refractivity contribution in [2.24, 2.45) is 0 Å². The molecule has 28 heavy (non-hydrogen) atoms. The molecule has 1 aliphatic rings. The van der Waals surface area contributed by atoms with Gasteiger partial charge in [0.05, 0.1) is 6.26 Å². The number of benzene rings is 1. The third-order valence-corrected chi connectivity index (χ3v) is 4.66. The van der Waals surface area contributed by atoms with Gasteiger partial charge in [-0.1, -0.05) is 17.3 Å². The zero-order chi connectivity index (χ0) is 19.1. The Balaban J connectivity index is 1.47. The highest BCUT2D eigenvalue weighted by molar-refractivity contribution is 5.94. The van der Waals surface area contributed by atoms with Gasteiger partial charge >= 0.3 is 0 Å². The number of carbonyl (C=O) groups is 1. The second-order valence-corrected chi connectivity index (χ2v) is 6.48. The summed E-state index contributed by atoms with van der Waals surface area (Å²) in [6, 6.07) is 9.70. The largest absolute Gasteiger partial charge is 0.459 e. The van der Waals surface area contributed by atoms with Gasteiger partial charge < -0.3 is 19.2 Å². The monoisotopic (exact) mass is 379 g/mol. The van der Waals surface area contributed by atoms with Crippen LogP contribution >= 0.6 is 0 Å². The van der Waals surface area contributed by atoms with E-state index in [0.717, 1.165) is 5.56 Å². The number of halogens is 1. The molecule has 2 N–H and O–H groups in total. The summed E-state index contributed by atoms with van der Waals surface area (Å²) in [7, 11) is 0. The van der Waals surface area contributed by atoms with Gasteiger partial charge in [-0.2, -0.15) is 4.98 Å². The highest BCUT2D eigenvalue weighted by Crippen LogP contribution is 2.27. The van der Waals surface area contributed by atoms with E-state index in [1.165, 1.54) is 18.4 Å². The van der Waals surface area contributed by atoms with Crippen molar-refractivity contribution in [3.8, 4) is 23.3 Å². The third-order valence-electron chi connectivity index (χ3n) is 4.66. The molecular formula is C19H14FN5O3. The Hall–Kier alpha value is -3.75. The minimum absolute atomic E-state index is 0.0111. The number of nitrogens with zero attached hydrogens (tertiary/aromatic N) is 3. The van der Waals surface area contributed by atoms with Gasteiger partial charge in [-0.25, -0.2) is 9.37 Å². The van der Waals surface area contributed by atoms with Crippen molar-refractivity contribution < 1.29 is 18.1 Å². The molecule has 0 radical (unpaired) electrons. The number of amides is 1. The van der Waals surface area contributed by atoms with E-state index in [2.05, 4.69) is 25.4 Å². The molecule has 9 heteroatoms. The fourth-order valence-electron chi connectivity index (χ4n) is 3.26. The molecule has 4 aromatic rings. The lowest BCUT2D eigenvalue weighted by molar-refractivity contribution is 0.0950. The molecule has 140 valence electrons. The number of H-pyrrole nitrogens is 1. The van der Waals surface area contributed by atoms with Crippen molar-refractivity contribution in [1.29, 1.82) is 0 Å². The zero-order valence-corrected chi connectivity index (χ0v) is 14.5. The first-order valence-electron chi connectivity index (χ1n) is 8.68. The molecule has 1 amide bonds. The van der Waals surface area contributed by atoms with E-state index in [-0.39, 0.29) is 29.4 Å². The Morgan fingerprint density at radius 1 is 1.14 bits per heavy atom. The van der Waals surface area contributed by atoms with E-state index in [0.29, 0.717) is 35.9 Å². The van der Waals surface area contributed by atoms with Gasteiger partial charge in [0, 0.05) is 18.2 Å². The molecule has 1 aromatic carbocycles. The number of aromatic amines is 1. The molecule has 0 aliphatic carbocycles. The Labute approximate surface area is 157 Å². The molecule has 8 nitrogen and oxygen atoms in total. The van der Waals surface area contributed by atoms with Crippen LogP contribution in [0, 0.1) is 5.82 Å². The van der Waals surface area contributed by atoms with Crippen molar-refractivity contribution in [3.05, 3.63) is 65.4 Å². The summed E-state index contributed by atoms with van der Waals surface area (Å²) < 4.78 is 23.6. The lowest BCUT2D eigenvalue weighted by Crippen LogP contribution is -2.26. The Morgan fingerprint density at radius 3 is 2.79 bits per heavy atom. The van der Waals surface area contributed by atoms with Gasteiger partial charge in [0.1, 0.15) is 11.5 Å². The maximum absolute atomic E-state index is 13.2. The van der Waals surface area contributed by atoms with E-state index >= 15 is 0 Å². The van der Waals surface area contributed by atoms with Gasteiger partial charge in [0.15, 0.2) is 11.6 Å². The predicted molar refractivity (Wildman–Crippen MR) is 94.8 cm³/mol. The molecular weight excluding hydrogens is 365 g/mol. The number of hydrogen-bond acceptors (Lipinski definition) is 6. The Bertz CT molecular complexity index is 1130. The van der Waals surface area contributed by atoms with Crippen LogP contribution in [-0.2, 0) is 6.42 Å². The smallest absolute Gasteiger partial charge is 0.294 e. The quantitative estimate of drug-likeness (QED) is 0.566. The zero-order valence-electron chi connectivity index (χ0n) is 14.5. The second kappa shape index (κ2) is 6.45. The van der Waals surface area contributed by atoms with Gasteiger partial charge in [-0.3, -0.25) is 4.79 Å². The lowest BCUT2D eigenvalue weighted by atomic mass is 9.94.